The molecular formula is C6H5NaO6S. The Balaban J connectivity index is 0.00000169. The molecule has 1 heterocycles. The van der Waals surface area contributed by atoms with Crippen molar-refractivity contribution >= 4 is 16.7 Å². The Kier molecular flexibility index (Phi) is 5.57. The van der Waals surface area contributed by atoms with Gasteiger partial charge in [-0.3, -0.25) is 8.98 Å². The van der Waals surface area contributed by atoms with Crippen LogP contribution >= 0.6 is 0 Å². The molecule has 14 heavy (non-hydrogen) atoms. The molecule has 0 unspecified atom stereocenters. The van der Waals surface area contributed by atoms with E-state index in [1.54, 1.807) is 0 Å². The third-order valence-corrected chi connectivity index (χ3v) is 1.55. The summed E-state index contributed by atoms with van der Waals surface area (Å²) in [5.74, 6) is 0.142. The average Bonchev–Trinajstić information content (AvgIpc) is 2.47. The molecule has 8 heteroatoms. The van der Waals surface area contributed by atoms with E-state index >= 15 is 0 Å². The maximum atomic E-state index is 10.1. The zero-order valence-corrected chi connectivity index (χ0v) is 10.1. The van der Waals surface area contributed by atoms with E-state index in [1.165, 1.54) is 12.1 Å². The van der Waals surface area contributed by atoms with Crippen molar-refractivity contribution in [2.24, 2.45) is 0 Å². The molecule has 1 aromatic rings. The summed E-state index contributed by atoms with van der Waals surface area (Å²) in [7, 11) is -4.72. The number of aldehydes is 1. The van der Waals surface area contributed by atoms with Gasteiger partial charge in [0.05, 0.1) is 0 Å². The van der Waals surface area contributed by atoms with Crippen LogP contribution in [0.25, 0.3) is 0 Å². The van der Waals surface area contributed by atoms with Crippen molar-refractivity contribution in [1.82, 2.24) is 0 Å². The molecule has 0 radical (unpaired) electrons. The Hall–Kier alpha value is -0.180. The minimum Gasteiger partial charge on any atom is -0.726 e. The van der Waals surface area contributed by atoms with Crippen molar-refractivity contribution in [3.8, 4) is 0 Å². The first-order valence-corrected chi connectivity index (χ1v) is 4.49. The quantitative estimate of drug-likeness (QED) is 0.182. The van der Waals surface area contributed by atoms with Gasteiger partial charge in [-0.05, 0) is 12.1 Å². The number of carbonyl (C=O) groups excluding carboxylic acids is 1. The van der Waals surface area contributed by atoms with Crippen molar-refractivity contribution in [3.63, 3.8) is 0 Å². The number of carbonyl (C=O) groups is 1. The average molecular weight is 234 g/mol. The smallest absolute Gasteiger partial charge is 0.726 e. The molecular weight excluding hydrogens is 229 g/mol. The monoisotopic (exact) mass is 234 g/mol. The summed E-state index contributed by atoms with van der Waals surface area (Å²) in [6.07, 6.45) is 0.454. The summed E-state index contributed by atoms with van der Waals surface area (Å²) in [4.78, 5) is 10.1. The molecule has 0 aliphatic heterocycles. The van der Waals surface area contributed by atoms with Crippen LogP contribution < -0.4 is 29.6 Å². The Morgan fingerprint density at radius 2 is 2.14 bits per heavy atom. The summed E-state index contributed by atoms with van der Waals surface area (Å²) in [6, 6.07) is 2.68. The molecule has 0 amide bonds. The van der Waals surface area contributed by atoms with Gasteiger partial charge in [-0.25, -0.2) is 8.42 Å². The van der Waals surface area contributed by atoms with Crippen LogP contribution in [0.5, 0.6) is 0 Å². The van der Waals surface area contributed by atoms with Gasteiger partial charge in [0, 0.05) is 0 Å². The molecule has 0 fully saturated rings. The first-order valence-electron chi connectivity index (χ1n) is 3.15. The third kappa shape index (κ3) is 4.89. The topological polar surface area (TPSA) is 96.6 Å². The van der Waals surface area contributed by atoms with Crippen molar-refractivity contribution in [3.05, 3.63) is 23.7 Å². The standard InChI is InChI=1S/C6H6O6S.Na/c7-3-5-1-2-6(12-5)4-11-13(8,9)10;/h1-3H,4H2,(H,8,9,10);/q;+1/p-1/i1+1,2+1,3+1,4+1,5+1,6+1;. The number of hydrogen-bond acceptors (Lipinski definition) is 6. The van der Waals surface area contributed by atoms with E-state index < -0.39 is 17.0 Å². The van der Waals surface area contributed by atoms with Gasteiger partial charge in [-0.1, -0.05) is 0 Å². The van der Waals surface area contributed by atoms with E-state index in [0.29, 0.717) is 6.29 Å². The van der Waals surface area contributed by atoms with Crippen LogP contribution in [0.15, 0.2) is 16.5 Å². The van der Waals surface area contributed by atoms with Crippen molar-refractivity contribution in [2.75, 3.05) is 0 Å². The fraction of sp³-hybridized carbons (Fsp3) is 0.167. The normalized spacial score (nSPS) is 10.6. The first-order chi connectivity index (χ1) is 6.01. The molecule has 0 N–H and O–H groups in total. The summed E-state index contributed by atoms with van der Waals surface area (Å²) >= 11 is 0. The van der Waals surface area contributed by atoms with E-state index in [4.69, 9.17) is 4.42 Å². The van der Waals surface area contributed by atoms with Gasteiger partial charge in [0.2, 0.25) is 10.4 Å². The molecule has 0 saturated heterocycles. The van der Waals surface area contributed by atoms with Crippen molar-refractivity contribution in [2.45, 2.75) is 6.61 Å². The number of hydrogen-bond donors (Lipinski definition) is 0. The molecule has 72 valence electrons. The summed E-state index contributed by atoms with van der Waals surface area (Å²) in [6.45, 7) is -0.500. The van der Waals surface area contributed by atoms with Crippen LogP contribution in [-0.4, -0.2) is 19.3 Å². The second kappa shape index (κ2) is 5.64. The summed E-state index contributed by atoms with van der Waals surface area (Å²) < 4.78 is 38.6. The van der Waals surface area contributed by atoms with E-state index in [9.17, 15) is 17.8 Å². The first kappa shape index (κ1) is 13.8. The van der Waals surface area contributed by atoms with Crippen LogP contribution in [0.4, 0.5) is 0 Å². The Morgan fingerprint density at radius 3 is 2.57 bits per heavy atom. The fourth-order valence-electron chi connectivity index (χ4n) is 0.666. The summed E-state index contributed by atoms with van der Waals surface area (Å²) in [5, 5.41) is 0. The predicted octanol–water partition coefficient (Wildman–Crippen LogP) is -2.93. The predicted molar refractivity (Wildman–Crippen MR) is 38.6 cm³/mol. The molecule has 1 aromatic heterocycles. The van der Waals surface area contributed by atoms with Crippen LogP contribution in [0.3, 0.4) is 0 Å². The number of furan rings is 1. The van der Waals surface area contributed by atoms with Gasteiger partial charge in [0.15, 0.2) is 12.0 Å². The van der Waals surface area contributed by atoms with E-state index in [1.807, 2.05) is 0 Å². The fourth-order valence-corrected chi connectivity index (χ4v) is 0.926. The van der Waals surface area contributed by atoms with E-state index in [2.05, 4.69) is 4.18 Å². The Bertz CT molecular complexity index is 394. The zero-order chi connectivity index (χ0) is 9.90. The molecule has 0 aliphatic rings. The Labute approximate surface area is 102 Å². The minimum absolute atomic E-state index is 0. The maximum absolute atomic E-state index is 10.1. The molecule has 0 bridgehead atoms. The van der Waals surface area contributed by atoms with Crippen LogP contribution in [0.2, 0.25) is 0 Å². The van der Waals surface area contributed by atoms with Gasteiger partial charge in [0.25, 0.3) is 0 Å². The van der Waals surface area contributed by atoms with Crippen LogP contribution in [-0.2, 0) is 21.2 Å². The molecule has 0 spiro atoms. The Morgan fingerprint density at radius 1 is 1.50 bits per heavy atom. The van der Waals surface area contributed by atoms with E-state index in [0.717, 1.165) is 0 Å². The van der Waals surface area contributed by atoms with E-state index in [-0.39, 0.29) is 41.1 Å². The number of rotatable bonds is 4. The van der Waals surface area contributed by atoms with Gasteiger partial charge >= 0.3 is 29.6 Å². The van der Waals surface area contributed by atoms with Crippen LogP contribution in [0, 0.1) is 0 Å². The molecule has 0 saturated carbocycles. The largest absolute Gasteiger partial charge is 1.00 e. The maximum Gasteiger partial charge on any atom is 1.00 e. The van der Waals surface area contributed by atoms with Crippen molar-refractivity contribution in [1.29, 1.82) is 0 Å². The molecule has 0 atom stereocenters. The molecule has 0 aliphatic carbocycles. The van der Waals surface area contributed by atoms with Crippen LogP contribution in [0.1, 0.15) is 16.3 Å². The second-order valence-electron chi connectivity index (χ2n) is 2.09. The minimum atomic E-state index is -4.72. The summed E-state index contributed by atoms with van der Waals surface area (Å²) in [5.41, 5.74) is 0. The SMILES string of the molecule is O=[13CH][13c]1[13cH][13cH][13c]([13CH2]OS(=O)(=O)[O-])o1.[Na+]. The van der Waals surface area contributed by atoms with Gasteiger partial charge in [-0.15, -0.1) is 0 Å². The third-order valence-electron chi connectivity index (χ3n) is 1.14. The van der Waals surface area contributed by atoms with Gasteiger partial charge in [0.1, 0.15) is 12.4 Å². The van der Waals surface area contributed by atoms with Gasteiger partial charge in [-0.2, -0.15) is 0 Å². The molecule has 1 rings (SSSR count). The van der Waals surface area contributed by atoms with Crippen molar-refractivity contribution < 1.29 is 55.9 Å². The van der Waals surface area contributed by atoms with Gasteiger partial charge < -0.3 is 8.97 Å². The zero-order valence-electron chi connectivity index (χ0n) is 7.30. The molecule has 6 nitrogen and oxygen atoms in total. The second-order valence-corrected chi connectivity index (χ2v) is 3.14. The molecule has 0 aromatic carbocycles.